The van der Waals surface area contributed by atoms with Crippen molar-refractivity contribution in [1.82, 2.24) is 4.81 Å². The van der Waals surface area contributed by atoms with Crippen molar-refractivity contribution in [3.05, 3.63) is 84.9 Å². The average Bonchev–Trinajstić information content (AvgIpc) is 2.92. The zero-order valence-corrected chi connectivity index (χ0v) is 24.1. The molecule has 1 heterocycles. The topological polar surface area (TPSA) is 6.48 Å². The van der Waals surface area contributed by atoms with Gasteiger partial charge in [-0.3, -0.25) is 0 Å². The summed E-state index contributed by atoms with van der Waals surface area (Å²) >= 11 is 0. The Morgan fingerprint density at radius 3 is 1.38 bits per heavy atom. The summed E-state index contributed by atoms with van der Waals surface area (Å²) in [6.07, 6.45) is 0. The fraction of sp³-hybridized carbons (Fsp3) is 0.400. The van der Waals surface area contributed by atoms with Gasteiger partial charge in [0.1, 0.15) is 0 Å². The smallest absolute Gasteiger partial charge is 0.285 e. The van der Waals surface area contributed by atoms with Crippen LogP contribution in [-0.4, -0.2) is 39.6 Å². The normalized spacial score (nSPS) is 9.91. The standard InChI is InChI=1S/C14H14BN.C6H6.C4H12BN.3C2H6/c1-15-13-9-5-3-7-11(13)12-8-4-6-10-14(12)16(15)2;1-2-4-6-5-3-1;1-5(2)6(3)4;3*1-2/h3-10H,1-2H3;1-6H;1-4H3;3*1-2H3. The van der Waals surface area contributed by atoms with E-state index in [0.717, 1.165) is 0 Å². The van der Waals surface area contributed by atoms with Crippen molar-refractivity contribution in [3.63, 3.8) is 0 Å². The Hall–Kier alpha value is -2.45. The SMILES string of the molecule is CB(C)N(C)C.CB1c2ccccc2-c2ccccc2N1C.CC.CC.CC.c1ccccc1. The van der Waals surface area contributed by atoms with Gasteiger partial charge < -0.3 is 9.62 Å². The Morgan fingerprint density at radius 2 is 0.971 bits per heavy atom. The zero-order chi connectivity index (χ0) is 26.5. The molecule has 0 unspecified atom stereocenters. The second-order valence-electron chi connectivity index (χ2n) is 7.60. The number of anilines is 1. The lowest BCUT2D eigenvalue weighted by Crippen LogP contribution is -2.47. The Kier molecular flexibility index (Phi) is 20.9. The predicted molar refractivity (Wildman–Crippen MR) is 163 cm³/mol. The number of rotatable bonds is 1. The van der Waals surface area contributed by atoms with Crippen LogP contribution in [0.1, 0.15) is 41.5 Å². The Balaban J connectivity index is 0. The van der Waals surface area contributed by atoms with E-state index in [2.05, 4.69) is 99.8 Å². The lowest BCUT2D eigenvalue weighted by Gasteiger charge is -2.33. The highest BCUT2D eigenvalue weighted by Gasteiger charge is 2.27. The van der Waals surface area contributed by atoms with Gasteiger partial charge in [-0.2, -0.15) is 0 Å². The minimum Gasteiger partial charge on any atom is -0.413 e. The van der Waals surface area contributed by atoms with E-state index in [4.69, 9.17) is 0 Å². The van der Waals surface area contributed by atoms with Crippen molar-refractivity contribution in [2.45, 2.75) is 62.0 Å². The van der Waals surface area contributed by atoms with Gasteiger partial charge in [-0.15, -0.1) is 0 Å². The number of para-hydroxylation sites is 1. The van der Waals surface area contributed by atoms with Gasteiger partial charge in [0.2, 0.25) is 6.85 Å². The first-order chi connectivity index (χ1) is 16.4. The number of hydrogen-bond donors (Lipinski definition) is 0. The van der Waals surface area contributed by atoms with E-state index in [9.17, 15) is 0 Å². The van der Waals surface area contributed by atoms with Crippen molar-refractivity contribution >= 4 is 24.8 Å². The highest BCUT2D eigenvalue weighted by atomic mass is 15.0. The van der Waals surface area contributed by atoms with Crippen molar-refractivity contribution in [1.29, 1.82) is 0 Å². The number of hydrogen-bond acceptors (Lipinski definition) is 2. The van der Waals surface area contributed by atoms with Gasteiger partial charge in [-0.1, -0.05) is 141 Å². The van der Waals surface area contributed by atoms with Gasteiger partial charge >= 0.3 is 0 Å². The molecule has 34 heavy (non-hydrogen) atoms. The van der Waals surface area contributed by atoms with Gasteiger partial charge in [0.25, 0.3) is 6.85 Å². The third kappa shape index (κ3) is 11.6. The highest BCUT2D eigenvalue weighted by molar-refractivity contribution is 6.77. The van der Waals surface area contributed by atoms with Crippen molar-refractivity contribution in [2.24, 2.45) is 0 Å². The van der Waals surface area contributed by atoms with Gasteiger partial charge in [0.15, 0.2) is 0 Å². The molecule has 0 spiro atoms. The van der Waals surface area contributed by atoms with Crippen LogP contribution in [0.2, 0.25) is 20.5 Å². The summed E-state index contributed by atoms with van der Waals surface area (Å²) in [6.45, 7) is 19.7. The molecule has 1 aliphatic heterocycles. The quantitative estimate of drug-likeness (QED) is 0.338. The van der Waals surface area contributed by atoms with E-state index in [1.807, 2.05) is 77.9 Å². The maximum absolute atomic E-state index is 2.34. The molecule has 0 saturated carbocycles. The van der Waals surface area contributed by atoms with Crippen LogP contribution >= 0.6 is 0 Å². The Morgan fingerprint density at radius 1 is 0.618 bits per heavy atom. The van der Waals surface area contributed by atoms with Crippen LogP contribution in [0.25, 0.3) is 11.1 Å². The van der Waals surface area contributed by atoms with Gasteiger partial charge in [0.05, 0.1) is 0 Å². The van der Waals surface area contributed by atoms with E-state index >= 15 is 0 Å². The molecular formula is C30H50B2N2. The van der Waals surface area contributed by atoms with Crippen LogP contribution in [0.5, 0.6) is 0 Å². The molecular weight excluding hydrogens is 410 g/mol. The molecule has 0 aromatic heterocycles. The molecule has 2 nitrogen and oxygen atoms in total. The van der Waals surface area contributed by atoms with Gasteiger partial charge in [-0.25, -0.2) is 0 Å². The summed E-state index contributed by atoms with van der Waals surface area (Å²) in [5, 5.41) is 0. The average molecular weight is 460 g/mol. The first kappa shape index (κ1) is 33.7. The molecule has 0 radical (unpaired) electrons. The van der Waals surface area contributed by atoms with Gasteiger partial charge in [-0.05, 0) is 38.2 Å². The molecule has 4 rings (SSSR count). The second-order valence-corrected chi connectivity index (χ2v) is 7.60. The summed E-state index contributed by atoms with van der Waals surface area (Å²) in [4.78, 5) is 4.51. The van der Waals surface area contributed by atoms with Crippen LogP contribution < -0.4 is 10.3 Å². The first-order valence-electron chi connectivity index (χ1n) is 13.0. The molecule has 0 bridgehead atoms. The van der Waals surface area contributed by atoms with E-state index < -0.39 is 0 Å². The van der Waals surface area contributed by atoms with E-state index in [1.54, 1.807) is 0 Å². The summed E-state index contributed by atoms with van der Waals surface area (Å²) in [6, 6.07) is 29.3. The molecule has 4 heteroatoms. The Labute approximate surface area is 213 Å². The minimum atomic E-state index is 0.450. The number of benzene rings is 3. The highest BCUT2D eigenvalue weighted by Crippen LogP contribution is 2.33. The maximum atomic E-state index is 2.34. The molecule has 0 saturated heterocycles. The van der Waals surface area contributed by atoms with Crippen LogP contribution in [0.4, 0.5) is 5.69 Å². The fourth-order valence-corrected chi connectivity index (χ4v) is 2.92. The summed E-state index contributed by atoms with van der Waals surface area (Å²) in [7, 11) is 6.31. The van der Waals surface area contributed by atoms with Crippen LogP contribution in [0.3, 0.4) is 0 Å². The molecule has 3 aromatic rings. The minimum absolute atomic E-state index is 0.450. The molecule has 0 aliphatic carbocycles. The molecule has 1 aliphatic rings. The van der Waals surface area contributed by atoms with Crippen LogP contribution in [0.15, 0.2) is 84.9 Å². The van der Waals surface area contributed by atoms with E-state index in [-0.39, 0.29) is 0 Å². The maximum Gasteiger partial charge on any atom is 0.285 e. The summed E-state index contributed by atoms with van der Waals surface area (Å²) in [5.74, 6) is 0. The molecule has 0 atom stereocenters. The third-order valence-corrected chi connectivity index (χ3v) is 5.27. The second kappa shape index (κ2) is 21.1. The summed E-state index contributed by atoms with van der Waals surface area (Å²) in [5.41, 5.74) is 5.47. The van der Waals surface area contributed by atoms with E-state index in [0.29, 0.717) is 13.7 Å². The summed E-state index contributed by atoms with van der Waals surface area (Å²) < 4.78 is 0. The molecule has 0 N–H and O–H groups in total. The Bertz CT molecular complexity index is 754. The third-order valence-electron chi connectivity index (χ3n) is 5.27. The van der Waals surface area contributed by atoms with E-state index in [1.165, 1.54) is 22.3 Å². The zero-order valence-electron chi connectivity index (χ0n) is 24.1. The molecule has 3 aromatic carbocycles. The van der Waals surface area contributed by atoms with Crippen molar-refractivity contribution in [3.8, 4) is 11.1 Å². The molecule has 0 amide bonds. The van der Waals surface area contributed by atoms with Crippen LogP contribution in [0, 0.1) is 0 Å². The van der Waals surface area contributed by atoms with Gasteiger partial charge in [0, 0.05) is 11.3 Å². The predicted octanol–water partition coefficient (Wildman–Crippen LogP) is 8.20. The van der Waals surface area contributed by atoms with Crippen molar-refractivity contribution < 1.29 is 0 Å². The molecule has 186 valence electrons. The largest absolute Gasteiger partial charge is 0.413 e. The first-order valence-corrected chi connectivity index (χ1v) is 13.0. The lowest BCUT2D eigenvalue weighted by molar-refractivity contribution is 0.648. The molecule has 0 fully saturated rings. The monoisotopic (exact) mass is 460 g/mol. The lowest BCUT2D eigenvalue weighted by atomic mass is 9.52. The van der Waals surface area contributed by atoms with Crippen molar-refractivity contribution in [2.75, 3.05) is 26.0 Å². The number of fused-ring (bicyclic) bond motifs is 3. The van der Waals surface area contributed by atoms with Crippen LogP contribution in [-0.2, 0) is 0 Å². The fourth-order valence-electron chi connectivity index (χ4n) is 2.92. The number of nitrogens with zero attached hydrogens (tertiary/aromatic N) is 2.